The van der Waals surface area contributed by atoms with Crippen molar-refractivity contribution in [2.75, 3.05) is 52.5 Å². The molecule has 1 aromatic rings. The lowest BCUT2D eigenvalue weighted by molar-refractivity contribution is -0.133. The summed E-state index contributed by atoms with van der Waals surface area (Å²) >= 11 is 0. The van der Waals surface area contributed by atoms with Gasteiger partial charge in [-0.2, -0.15) is 0 Å². The zero-order valence-corrected chi connectivity index (χ0v) is 14.2. The molecule has 1 amide bonds. The first-order chi connectivity index (χ1) is 11.5. The molecule has 2 fully saturated rings. The molecule has 0 bridgehead atoms. The summed E-state index contributed by atoms with van der Waals surface area (Å²) in [6.07, 6.45) is 0.549. The maximum absolute atomic E-state index is 12.4. The molecule has 2 saturated heterocycles. The number of carbonyl (C=O) groups is 1. The molecule has 2 aliphatic heterocycles. The zero-order chi connectivity index (χ0) is 17.0. The number of amides is 1. The highest BCUT2D eigenvalue weighted by Crippen LogP contribution is 2.23. The Hall–Kier alpha value is -1.63. The first kappa shape index (κ1) is 17.2. The van der Waals surface area contributed by atoms with Gasteiger partial charge in [0.05, 0.1) is 26.3 Å². The van der Waals surface area contributed by atoms with E-state index in [2.05, 4.69) is 4.90 Å². The SMILES string of the molecule is Cc1ccc(OCC2(O)CCN(C(=O)CN3CCOCC3)C2)cc1. The van der Waals surface area contributed by atoms with Gasteiger partial charge in [-0.3, -0.25) is 9.69 Å². The number of β-amino-alcohol motifs (C(OH)–C–C–N with tert-alkyl or cyclic N) is 1. The van der Waals surface area contributed by atoms with E-state index in [0.717, 1.165) is 18.8 Å². The largest absolute Gasteiger partial charge is 0.491 e. The summed E-state index contributed by atoms with van der Waals surface area (Å²) in [6.45, 7) is 6.49. The van der Waals surface area contributed by atoms with E-state index in [-0.39, 0.29) is 12.5 Å². The van der Waals surface area contributed by atoms with Crippen LogP contribution in [0.4, 0.5) is 0 Å². The number of benzene rings is 1. The van der Waals surface area contributed by atoms with Crippen molar-refractivity contribution in [3.8, 4) is 5.75 Å². The Labute approximate surface area is 143 Å². The molecule has 0 radical (unpaired) electrons. The number of hydrogen-bond acceptors (Lipinski definition) is 5. The summed E-state index contributed by atoms with van der Waals surface area (Å²) in [4.78, 5) is 16.3. The van der Waals surface area contributed by atoms with Crippen molar-refractivity contribution < 1.29 is 19.4 Å². The number of aryl methyl sites for hydroxylation is 1. The Kier molecular flexibility index (Phi) is 5.38. The van der Waals surface area contributed by atoms with Crippen molar-refractivity contribution in [1.29, 1.82) is 0 Å². The molecule has 1 N–H and O–H groups in total. The first-order valence-electron chi connectivity index (χ1n) is 8.54. The second-order valence-electron chi connectivity index (χ2n) is 6.78. The molecule has 2 aliphatic rings. The number of morpholine rings is 1. The summed E-state index contributed by atoms with van der Waals surface area (Å²) in [5.41, 5.74) is 0.202. The van der Waals surface area contributed by atoms with Crippen molar-refractivity contribution in [3.05, 3.63) is 29.8 Å². The third-order valence-electron chi connectivity index (χ3n) is 4.68. The fourth-order valence-corrected chi connectivity index (χ4v) is 3.09. The van der Waals surface area contributed by atoms with Crippen LogP contribution in [0.2, 0.25) is 0 Å². The molecule has 1 unspecified atom stereocenters. The minimum absolute atomic E-state index is 0.0724. The van der Waals surface area contributed by atoms with E-state index >= 15 is 0 Å². The van der Waals surface area contributed by atoms with Gasteiger partial charge in [0.15, 0.2) is 0 Å². The summed E-state index contributed by atoms with van der Waals surface area (Å²) in [5.74, 6) is 0.815. The summed E-state index contributed by atoms with van der Waals surface area (Å²) in [6, 6.07) is 7.75. The van der Waals surface area contributed by atoms with Crippen LogP contribution in [0.25, 0.3) is 0 Å². The van der Waals surface area contributed by atoms with E-state index < -0.39 is 5.60 Å². The smallest absolute Gasteiger partial charge is 0.236 e. The maximum atomic E-state index is 12.4. The Bertz CT molecular complexity index is 557. The minimum atomic E-state index is -0.967. The predicted molar refractivity (Wildman–Crippen MR) is 90.1 cm³/mol. The molecule has 2 heterocycles. The molecule has 3 rings (SSSR count). The topological polar surface area (TPSA) is 62.2 Å². The van der Waals surface area contributed by atoms with Gasteiger partial charge in [0.1, 0.15) is 18.0 Å². The van der Waals surface area contributed by atoms with Crippen molar-refractivity contribution in [2.45, 2.75) is 18.9 Å². The van der Waals surface area contributed by atoms with E-state index in [1.807, 2.05) is 31.2 Å². The molecule has 6 nitrogen and oxygen atoms in total. The highest BCUT2D eigenvalue weighted by Gasteiger charge is 2.39. The number of likely N-dealkylation sites (tertiary alicyclic amines) is 1. The van der Waals surface area contributed by atoms with Crippen molar-refractivity contribution in [2.24, 2.45) is 0 Å². The van der Waals surface area contributed by atoms with Crippen LogP contribution in [0, 0.1) is 6.92 Å². The molecular formula is C18H26N2O4. The second kappa shape index (κ2) is 7.51. The zero-order valence-electron chi connectivity index (χ0n) is 14.2. The van der Waals surface area contributed by atoms with Crippen LogP contribution >= 0.6 is 0 Å². The van der Waals surface area contributed by atoms with Crippen molar-refractivity contribution >= 4 is 5.91 Å². The van der Waals surface area contributed by atoms with E-state index in [9.17, 15) is 9.90 Å². The first-order valence-corrected chi connectivity index (χ1v) is 8.54. The van der Waals surface area contributed by atoms with Gasteiger partial charge < -0.3 is 19.5 Å². The van der Waals surface area contributed by atoms with E-state index in [1.165, 1.54) is 5.56 Å². The Morgan fingerprint density at radius 2 is 1.96 bits per heavy atom. The lowest BCUT2D eigenvalue weighted by Gasteiger charge is -2.28. The van der Waals surface area contributed by atoms with Gasteiger partial charge >= 0.3 is 0 Å². The summed E-state index contributed by atoms with van der Waals surface area (Å²) in [7, 11) is 0. The highest BCUT2D eigenvalue weighted by molar-refractivity contribution is 5.78. The maximum Gasteiger partial charge on any atom is 0.236 e. The van der Waals surface area contributed by atoms with Crippen LogP contribution in [-0.4, -0.2) is 79.0 Å². The third-order valence-corrected chi connectivity index (χ3v) is 4.68. The number of ether oxygens (including phenoxy) is 2. The van der Waals surface area contributed by atoms with Crippen molar-refractivity contribution in [1.82, 2.24) is 9.80 Å². The quantitative estimate of drug-likeness (QED) is 0.858. The normalized spacial score (nSPS) is 25.0. The second-order valence-corrected chi connectivity index (χ2v) is 6.78. The molecule has 0 spiro atoms. The lowest BCUT2D eigenvalue weighted by Crippen LogP contribution is -2.46. The highest BCUT2D eigenvalue weighted by atomic mass is 16.5. The van der Waals surface area contributed by atoms with E-state index in [1.54, 1.807) is 4.90 Å². The fraction of sp³-hybridized carbons (Fsp3) is 0.611. The third kappa shape index (κ3) is 4.47. The molecule has 132 valence electrons. The number of aliphatic hydroxyl groups is 1. The standard InChI is InChI=1S/C18H26N2O4/c1-15-2-4-16(5-3-15)24-14-18(22)6-7-20(13-18)17(21)12-19-8-10-23-11-9-19/h2-5,22H,6-14H2,1H3. The van der Waals surface area contributed by atoms with Crippen LogP contribution in [0.1, 0.15) is 12.0 Å². The number of carbonyl (C=O) groups excluding carboxylic acids is 1. The summed E-state index contributed by atoms with van der Waals surface area (Å²) in [5, 5.41) is 10.7. The Morgan fingerprint density at radius 3 is 2.67 bits per heavy atom. The van der Waals surface area contributed by atoms with Gasteiger partial charge in [0, 0.05) is 19.6 Å². The summed E-state index contributed by atoms with van der Waals surface area (Å²) < 4.78 is 11.0. The predicted octanol–water partition coefficient (Wildman–Crippen LogP) is 0.669. The van der Waals surface area contributed by atoms with Crippen LogP contribution in [-0.2, 0) is 9.53 Å². The lowest BCUT2D eigenvalue weighted by atomic mass is 10.1. The van der Waals surface area contributed by atoms with Gasteiger partial charge in [-0.05, 0) is 25.5 Å². The Balaban J connectivity index is 1.47. The van der Waals surface area contributed by atoms with Gasteiger partial charge in [0.2, 0.25) is 5.91 Å². The number of hydrogen-bond donors (Lipinski definition) is 1. The van der Waals surface area contributed by atoms with Gasteiger partial charge in [-0.15, -0.1) is 0 Å². The van der Waals surface area contributed by atoms with Crippen LogP contribution in [0.15, 0.2) is 24.3 Å². The molecular weight excluding hydrogens is 308 g/mol. The minimum Gasteiger partial charge on any atom is -0.491 e. The van der Waals surface area contributed by atoms with Crippen LogP contribution in [0.3, 0.4) is 0 Å². The van der Waals surface area contributed by atoms with E-state index in [4.69, 9.17) is 9.47 Å². The number of rotatable bonds is 5. The molecule has 6 heteroatoms. The monoisotopic (exact) mass is 334 g/mol. The van der Waals surface area contributed by atoms with Crippen molar-refractivity contribution in [3.63, 3.8) is 0 Å². The number of nitrogens with zero attached hydrogens (tertiary/aromatic N) is 2. The molecule has 0 aromatic heterocycles. The van der Waals surface area contributed by atoms with Crippen LogP contribution < -0.4 is 4.74 Å². The molecule has 1 atom stereocenters. The van der Waals surface area contributed by atoms with Gasteiger partial charge in [-0.25, -0.2) is 0 Å². The molecule has 0 aliphatic carbocycles. The Morgan fingerprint density at radius 1 is 1.25 bits per heavy atom. The van der Waals surface area contributed by atoms with Gasteiger partial charge in [-0.1, -0.05) is 17.7 Å². The molecule has 0 saturated carbocycles. The fourth-order valence-electron chi connectivity index (χ4n) is 3.09. The van der Waals surface area contributed by atoms with Crippen LogP contribution in [0.5, 0.6) is 5.75 Å². The molecule has 1 aromatic carbocycles. The van der Waals surface area contributed by atoms with E-state index in [0.29, 0.717) is 39.3 Å². The average molecular weight is 334 g/mol. The average Bonchev–Trinajstić information content (AvgIpc) is 2.98. The molecule has 24 heavy (non-hydrogen) atoms. The van der Waals surface area contributed by atoms with Gasteiger partial charge in [0.25, 0.3) is 0 Å².